The number of aryl methyl sites for hydroxylation is 1. The summed E-state index contributed by atoms with van der Waals surface area (Å²) in [6.07, 6.45) is 3.15. The summed E-state index contributed by atoms with van der Waals surface area (Å²) in [6, 6.07) is 16.5. The van der Waals surface area contributed by atoms with Crippen molar-refractivity contribution in [2.45, 2.75) is 13.5 Å². The third-order valence-electron chi connectivity index (χ3n) is 3.68. The lowest BCUT2D eigenvalue weighted by atomic mass is 10.1. The van der Waals surface area contributed by atoms with Crippen LogP contribution in [0.1, 0.15) is 27.4 Å². The lowest BCUT2D eigenvalue weighted by Gasteiger charge is -2.06. The van der Waals surface area contributed by atoms with E-state index in [1.807, 2.05) is 43.3 Å². The number of furan rings is 1. The molecule has 0 bridgehead atoms. The third kappa shape index (κ3) is 4.87. The van der Waals surface area contributed by atoms with Gasteiger partial charge in [0.1, 0.15) is 23.9 Å². The van der Waals surface area contributed by atoms with E-state index in [-0.39, 0.29) is 12.4 Å². The van der Waals surface area contributed by atoms with E-state index < -0.39 is 0 Å². The van der Waals surface area contributed by atoms with E-state index in [4.69, 9.17) is 20.8 Å². The van der Waals surface area contributed by atoms with Crippen molar-refractivity contribution in [3.63, 3.8) is 0 Å². The highest BCUT2D eigenvalue weighted by Gasteiger charge is 2.06. The van der Waals surface area contributed by atoms with Gasteiger partial charge >= 0.3 is 0 Å². The molecular weight excluding hydrogens is 416 g/mol. The minimum Gasteiger partial charge on any atom is -0.484 e. The number of benzene rings is 2. The highest BCUT2D eigenvalue weighted by molar-refractivity contribution is 9.10. The fraction of sp³-hybridized carbons (Fsp3) is 0.0952. The lowest BCUT2D eigenvalue weighted by molar-refractivity contribution is 0.104. The summed E-state index contributed by atoms with van der Waals surface area (Å²) in [5.74, 6) is 1.75. The van der Waals surface area contributed by atoms with Gasteiger partial charge in [-0.15, -0.1) is 0 Å². The van der Waals surface area contributed by atoms with Gasteiger partial charge in [-0.05, 0) is 49.4 Å². The molecule has 0 fully saturated rings. The molecule has 0 aliphatic carbocycles. The van der Waals surface area contributed by atoms with Crippen LogP contribution in [0, 0.1) is 6.92 Å². The predicted octanol–water partition coefficient (Wildman–Crippen LogP) is 6.48. The molecule has 1 heterocycles. The number of halogens is 2. The van der Waals surface area contributed by atoms with Crippen molar-refractivity contribution >= 4 is 39.4 Å². The smallest absolute Gasteiger partial charge is 0.185 e. The number of allylic oxidation sites excluding steroid dienone is 1. The van der Waals surface area contributed by atoms with Gasteiger partial charge in [-0.2, -0.15) is 0 Å². The molecule has 0 spiro atoms. The number of rotatable bonds is 6. The standard InChI is InChI=1S/C21H16BrClO3/c1-14-2-4-15(5-3-14)20(24)10-9-17-7-8-18(26-17)13-25-21-11-6-16(22)12-19(21)23/h2-12H,13H2,1H3. The zero-order chi connectivity index (χ0) is 18.5. The lowest BCUT2D eigenvalue weighted by Crippen LogP contribution is -1.94. The molecule has 3 rings (SSSR count). The average molecular weight is 432 g/mol. The Bertz CT molecular complexity index is 942. The number of hydrogen-bond acceptors (Lipinski definition) is 3. The molecule has 0 amide bonds. The van der Waals surface area contributed by atoms with Crippen LogP contribution >= 0.6 is 27.5 Å². The maximum absolute atomic E-state index is 12.1. The van der Waals surface area contributed by atoms with Gasteiger partial charge in [-0.3, -0.25) is 4.79 Å². The van der Waals surface area contributed by atoms with Gasteiger partial charge in [-0.25, -0.2) is 0 Å². The monoisotopic (exact) mass is 430 g/mol. The van der Waals surface area contributed by atoms with Crippen molar-refractivity contribution in [1.29, 1.82) is 0 Å². The second-order valence-electron chi connectivity index (χ2n) is 5.73. The van der Waals surface area contributed by atoms with Crippen LogP contribution in [0.15, 0.2) is 69.6 Å². The Kier molecular flexibility index (Phi) is 5.96. The fourth-order valence-corrected chi connectivity index (χ4v) is 3.00. The van der Waals surface area contributed by atoms with Crippen LogP contribution in [0.2, 0.25) is 5.02 Å². The molecule has 0 radical (unpaired) electrons. The Morgan fingerprint density at radius 3 is 2.65 bits per heavy atom. The van der Waals surface area contributed by atoms with Gasteiger partial charge in [-0.1, -0.05) is 57.4 Å². The van der Waals surface area contributed by atoms with Crippen LogP contribution in [0.25, 0.3) is 6.08 Å². The zero-order valence-corrected chi connectivity index (χ0v) is 16.4. The van der Waals surface area contributed by atoms with E-state index >= 15 is 0 Å². The minimum absolute atomic E-state index is 0.0687. The molecular formula is C21H16BrClO3. The number of ether oxygens (including phenoxy) is 1. The second kappa shape index (κ2) is 8.39. The van der Waals surface area contributed by atoms with Crippen molar-refractivity contribution in [3.8, 4) is 5.75 Å². The molecule has 0 unspecified atom stereocenters. The molecule has 3 nitrogen and oxygen atoms in total. The number of ketones is 1. The van der Waals surface area contributed by atoms with Crippen LogP contribution in [-0.2, 0) is 6.61 Å². The average Bonchev–Trinajstić information content (AvgIpc) is 3.07. The van der Waals surface area contributed by atoms with Crippen LogP contribution in [0.5, 0.6) is 5.75 Å². The molecule has 2 aromatic carbocycles. The van der Waals surface area contributed by atoms with Crippen LogP contribution in [-0.4, -0.2) is 5.78 Å². The molecule has 0 aliphatic heterocycles. The largest absolute Gasteiger partial charge is 0.484 e. The van der Waals surface area contributed by atoms with Gasteiger partial charge in [0.05, 0.1) is 5.02 Å². The fourth-order valence-electron chi connectivity index (χ4n) is 2.27. The van der Waals surface area contributed by atoms with Crippen LogP contribution in [0.4, 0.5) is 0 Å². The van der Waals surface area contributed by atoms with Crippen molar-refractivity contribution < 1.29 is 13.9 Å². The van der Waals surface area contributed by atoms with Crippen LogP contribution < -0.4 is 4.74 Å². The van der Waals surface area contributed by atoms with Crippen LogP contribution in [0.3, 0.4) is 0 Å². The maximum atomic E-state index is 12.1. The summed E-state index contributed by atoms with van der Waals surface area (Å²) in [7, 11) is 0. The minimum atomic E-state index is -0.0687. The Morgan fingerprint density at radius 1 is 1.15 bits per heavy atom. The van der Waals surface area contributed by atoms with Gasteiger partial charge in [0.2, 0.25) is 0 Å². The van der Waals surface area contributed by atoms with E-state index in [1.165, 1.54) is 6.08 Å². The van der Waals surface area contributed by atoms with Crippen molar-refractivity contribution in [2.75, 3.05) is 0 Å². The third-order valence-corrected chi connectivity index (χ3v) is 4.47. The second-order valence-corrected chi connectivity index (χ2v) is 7.05. The molecule has 3 aromatic rings. The quantitative estimate of drug-likeness (QED) is 0.331. The number of hydrogen-bond donors (Lipinski definition) is 0. The van der Waals surface area contributed by atoms with Gasteiger partial charge < -0.3 is 9.15 Å². The molecule has 0 N–H and O–H groups in total. The molecule has 0 saturated carbocycles. The Morgan fingerprint density at radius 2 is 1.92 bits per heavy atom. The molecule has 26 heavy (non-hydrogen) atoms. The molecule has 132 valence electrons. The molecule has 1 aromatic heterocycles. The first-order valence-electron chi connectivity index (χ1n) is 7.97. The topological polar surface area (TPSA) is 39.4 Å². The zero-order valence-electron chi connectivity index (χ0n) is 14.0. The van der Waals surface area contributed by atoms with Crippen molar-refractivity contribution in [2.24, 2.45) is 0 Å². The molecule has 5 heteroatoms. The van der Waals surface area contributed by atoms with E-state index in [0.29, 0.717) is 27.9 Å². The van der Waals surface area contributed by atoms with Crippen molar-refractivity contribution in [1.82, 2.24) is 0 Å². The maximum Gasteiger partial charge on any atom is 0.185 e. The summed E-state index contributed by atoms with van der Waals surface area (Å²) < 4.78 is 12.2. The SMILES string of the molecule is Cc1ccc(C(=O)C=Cc2ccc(COc3ccc(Br)cc3Cl)o2)cc1. The summed E-state index contributed by atoms with van der Waals surface area (Å²) in [5, 5.41) is 0.523. The normalized spacial score (nSPS) is 11.0. The summed E-state index contributed by atoms with van der Waals surface area (Å²) in [5.41, 5.74) is 1.76. The van der Waals surface area contributed by atoms with E-state index in [9.17, 15) is 4.79 Å². The van der Waals surface area contributed by atoms with E-state index in [2.05, 4.69) is 15.9 Å². The van der Waals surface area contributed by atoms with Gasteiger partial charge in [0.25, 0.3) is 0 Å². The Balaban J connectivity index is 1.60. The Labute approximate surface area is 165 Å². The number of carbonyl (C=O) groups excluding carboxylic acids is 1. The Hall–Kier alpha value is -2.30. The first-order valence-corrected chi connectivity index (χ1v) is 9.14. The highest BCUT2D eigenvalue weighted by Crippen LogP contribution is 2.28. The number of carbonyl (C=O) groups is 1. The first kappa shape index (κ1) is 18.5. The summed E-state index contributed by atoms with van der Waals surface area (Å²) >= 11 is 9.47. The molecule has 0 atom stereocenters. The van der Waals surface area contributed by atoms with Gasteiger partial charge in [0.15, 0.2) is 5.78 Å². The highest BCUT2D eigenvalue weighted by atomic mass is 79.9. The first-order chi connectivity index (χ1) is 12.5. The van der Waals surface area contributed by atoms with Gasteiger partial charge in [0, 0.05) is 10.0 Å². The molecule has 0 saturated heterocycles. The summed E-state index contributed by atoms with van der Waals surface area (Å²) in [4.78, 5) is 12.1. The predicted molar refractivity (Wildman–Crippen MR) is 107 cm³/mol. The summed E-state index contributed by atoms with van der Waals surface area (Å²) in [6.45, 7) is 2.24. The van der Waals surface area contributed by atoms with E-state index in [1.54, 1.807) is 24.3 Å². The van der Waals surface area contributed by atoms with E-state index in [0.717, 1.165) is 10.0 Å². The molecule has 0 aliphatic rings. The van der Waals surface area contributed by atoms with Crippen molar-refractivity contribution in [3.05, 3.63) is 92.8 Å².